The Labute approximate surface area is 119 Å². The number of carbonyl (C=O) groups is 1. The van der Waals surface area contributed by atoms with Crippen molar-refractivity contribution >= 4 is 34.2 Å². The van der Waals surface area contributed by atoms with Gasteiger partial charge < -0.3 is 5.32 Å². The zero-order valence-electron chi connectivity index (χ0n) is 10.2. The molecule has 0 radical (unpaired) electrons. The summed E-state index contributed by atoms with van der Waals surface area (Å²) < 4.78 is 0. The monoisotopic (exact) mass is 284 g/mol. The molecular formula is C14H9ClN4O. The highest BCUT2D eigenvalue weighted by Gasteiger charge is 2.08. The summed E-state index contributed by atoms with van der Waals surface area (Å²) in [6.07, 6.45) is 4.50. The quantitative estimate of drug-likeness (QED) is 0.785. The van der Waals surface area contributed by atoms with Crippen molar-refractivity contribution in [2.24, 2.45) is 0 Å². The van der Waals surface area contributed by atoms with E-state index in [1.807, 2.05) is 12.1 Å². The van der Waals surface area contributed by atoms with Crippen LogP contribution in [0.3, 0.4) is 0 Å². The molecule has 20 heavy (non-hydrogen) atoms. The van der Waals surface area contributed by atoms with Crippen LogP contribution in [0.5, 0.6) is 0 Å². The van der Waals surface area contributed by atoms with E-state index in [1.165, 1.54) is 12.4 Å². The van der Waals surface area contributed by atoms with E-state index >= 15 is 0 Å². The molecule has 0 aliphatic rings. The van der Waals surface area contributed by atoms with Gasteiger partial charge in [-0.3, -0.25) is 9.78 Å². The van der Waals surface area contributed by atoms with Gasteiger partial charge in [-0.1, -0.05) is 17.7 Å². The SMILES string of the molecule is O=C(Nc1cnc(Cl)cn1)c1ccc2ncccc2c1. The Morgan fingerprint density at radius 2 is 2.00 bits per heavy atom. The molecule has 98 valence electrons. The van der Waals surface area contributed by atoms with Gasteiger partial charge in [0.15, 0.2) is 5.82 Å². The minimum absolute atomic E-state index is 0.257. The van der Waals surface area contributed by atoms with E-state index < -0.39 is 0 Å². The molecular weight excluding hydrogens is 276 g/mol. The number of halogens is 1. The number of benzene rings is 1. The summed E-state index contributed by atoms with van der Waals surface area (Å²) in [5, 5.41) is 3.84. The first-order chi connectivity index (χ1) is 9.72. The van der Waals surface area contributed by atoms with Gasteiger partial charge in [0.05, 0.1) is 17.9 Å². The van der Waals surface area contributed by atoms with Gasteiger partial charge in [0.2, 0.25) is 0 Å². The highest BCUT2D eigenvalue weighted by atomic mass is 35.5. The number of carbonyl (C=O) groups excluding carboxylic acids is 1. The van der Waals surface area contributed by atoms with Gasteiger partial charge in [-0.05, 0) is 24.3 Å². The Kier molecular flexibility index (Phi) is 3.26. The molecule has 0 spiro atoms. The Hall–Kier alpha value is -2.53. The number of nitrogens with zero attached hydrogens (tertiary/aromatic N) is 3. The molecule has 1 aromatic carbocycles. The van der Waals surface area contributed by atoms with E-state index in [1.54, 1.807) is 24.4 Å². The highest BCUT2D eigenvalue weighted by Crippen LogP contribution is 2.14. The summed E-state index contributed by atoms with van der Waals surface area (Å²) >= 11 is 5.64. The second kappa shape index (κ2) is 5.22. The number of pyridine rings is 1. The number of aromatic nitrogens is 3. The molecule has 1 amide bonds. The van der Waals surface area contributed by atoms with E-state index in [0.717, 1.165) is 10.9 Å². The average molecular weight is 285 g/mol. The number of hydrogen-bond acceptors (Lipinski definition) is 4. The van der Waals surface area contributed by atoms with Gasteiger partial charge in [-0.2, -0.15) is 0 Å². The van der Waals surface area contributed by atoms with Crippen LogP contribution < -0.4 is 5.32 Å². The van der Waals surface area contributed by atoms with Crippen LogP contribution in [-0.4, -0.2) is 20.9 Å². The molecule has 0 fully saturated rings. The van der Waals surface area contributed by atoms with Crippen LogP contribution in [0, 0.1) is 0 Å². The van der Waals surface area contributed by atoms with Crippen LogP contribution in [-0.2, 0) is 0 Å². The third kappa shape index (κ3) is 2.57. The van der Waals surface area contributed by atoms with Crippen molar-refractivity contribution in [3.05, 3.63) is 59.6 Å². The second-order valence-electron chi connectivity index (χ2n) is 4.09. The van der Waals surface area contributed by atoms with Crippen molar-refractivity contribution in [2.75, 3.05) is 5.32 Å². The van der Waals surface area contributed by atoms with Gasteiger partial charge >= 0.3 is 0 Å². The van der Waals surface area contributed by atoms with Crippen molar-refractivity contribution in [1.29, 1.82) is 0 Å². The van der Waals surface area contributed by atoms with Gasteiger partial charge in [0, 0.05) is 17.1 Å². The fourth-order valence-corrected chi connectivity index (χ4v) is 1.88. The van der Waals surface area contributed by atoms with Crippen molar-refractivity contribution in [3.63, 3.8) is 0 Å². The number of amides is 1. The van der Waals surface area contributed by atoms with Crippen molar-refractivity contribution in [1.82, 2.24) is 15.0 Å². The Bertz CT molecular complexity index is 773. The molecule has 2 aromatic heterocycles. The topological polar surface area (TPSA) is 67.8 Å². The Balaban J connectivity index is 1.86. The summed E-state index contributed by atoms with van der Waals surface area (Å²) in [4.78, 5) is 24.1. The van der Waals surface area contributed by atoms with E-state index in [-0.39, 0.29) is 11.1 Å². The van der Waals surface area contributed by atoms with E-state index in [0.29, 0.717) is 11.4 Å². The molecule has 0 atom stereocenters. The van der Waals surface area contributed by atoms with Gasteiger partial charge in [-0.15, -0.1) is 0 Å². The van der Waals surface area contributed by atoms with Crippen molar-refractivity contribution in [2.45, 2.75) is 0 Å². The van der Waals surface area contributed by atoms with E-state index in [2.05, 4.69) is 20.3 Å². The zero-order valence-corrected chi connectivity index (χ0v) is 11.0. The standard InChI is InChI=1S/C14H9ClN4O/c15-12-7-18-13(8-17-12)19-14(20)10-3-4-11-9(6-10)2-1-5-16-11/h1-8H,(H,18,19,20). The summed E-state index contributed by atoms with van der Waals surface area (Å²) in [7, 11) is 0. The summed E-state index contributed by atoms with van der Waals surface area (Å²) in [5.74, 6) is 0.0954. The minimum Gasteiger partial charge on any atom is -0.305 e. The second-order valence-corrected chi connectivity index (χ2v) is 4.48. The number of nitrogens with one attached hydrogen (secondary N) is 1. The van der Waals surface area contributed by atoms with E-state index in [4.69, 9.17) is 11.6 Å². The minimum atomic E-state index is -0.257. The molecule has 0 aliphatic heterocycles. The third-order valence-electron chi connectivity index (χ3n) is 2.73. The summed E-state index contributed by atoms with van der Waals surface area (Å²) in [6.45, 7) is 0. The van der Waals surface area contributed by atoms with Crippen LogP contribution >= 0.6 is 11.6 Å². The summed E-state index contributed by atoms with van der Waals surface area (Å²) in [5.41, 5.74) is 1.37. The normalized spacial score (nSPS) is 10.4. The van der Waals surface area contributed by atoms with E-state index in [9.17, 15) is 4.79 Å². The number of hydrogen-bond donors (Lipinski definition) is 1. The first-order valence-corrected chi connectivity index (χ1v) is 6.24. The van der Waals surface area contributed by atoms with Crippen LogP contribution in [0.4, 0.5) is 5.82 Å². The molecule has 6 heteroatoms. The molecule has 2 heterocycles. The molecule has 0 aliphatic carbocycles. The van der Waals surface area contributed by atoms with Crippen molar-refractivity contribution in [3.8, 4) is 0 Å². The Morgan fingerprint density at radius 3 is 2.80 bits per heavy atom. The van der Waals surface area contributed by atoms with Gasteiger partial charge in [0.25, 0.3) is 5.91 Å². The molecule has 5 nitrogen and oxygen atoms in total. The molecule has 0 unspecified atom stereocenters. The fourth-order valence-electron chi connectivity index (χ4n) is 1.78. The van der Waals surface area contributed by atoms with Gasteiger partial charge in [0.1, 0.15) is 5.15 Å². The molecule has 0 bridgehead atoms. The molecule has 0 saturated carbocycles. The lowest BCUT2D eigenvalue weighted by atomic mass is 10.1. The molecule has 3 aromatic rings. The smallest absolute Gasteiger partial charge is 0.256 e. The lowest BCUT2D eigenvalue weighted by Crippen LogP contribution is -2.13. The number of fused-ring (bicyclic) bond motifs is 1. The fraction of sp³-hybridized carbons (Fsp3) is 0. The average Bonchev–Trinajstić information content (AvgIpc) is 2.49. The third-order valence-corrected chi connectivity index (χ3v) is 2.92. The maximum atomic E-state index is 12.1. The highest BCUT2D eigenvalue weighted by molar-refractivity contribution is 6.29. The number of rotatable bonds is 2. The van der Waals surface area contributed by atoms with Crippen LogP contribution in [0.2, 0.25) is 5.15 Å². The first kappa shape index (κ1) is 12.5. The lowest BCUT2D eigenvalue weighted by Gasteiger charge is -2.05. The Morgan fingerprint density at radius 1 is 1.10 bits per heavy atom. The predicted octanol–water partition coefficient (Wildman–Crippen LogP) is 2.93. The first-order valence-electron chi connectivity index (χ1n) is 5.86. The summed E-state index contributed by atoms with van der Waals surface area (Å²) in [6, 6.07) is 9.03. The zero-order chi connectivity index (χ0) is 13.9. The molecule has 1 N–H and O–H groups in total. The lowest BCUT2D eigenvalue weighted by molar-refractivity contribution is 0.102. The molecule has 0 saturated heterocycles. The van der Waals surface area contributed by atoms with Crippen molar-refractivity contribution < 1.29 is 4.79 Å². The van der Waals surface area contributed by atoms with Crippen LogP contribution in [0.25, 0.3) is 10.9 Å². The number of anilines is 1. The van der Waals surface area contributed by atoms with Crippen LogP contribution in [0.15, 0.2) is 48.9 Å². The van der Waals surface area contributed by atoms with Gasteiger partial charge in [-0.25, -0.2) is 9.97 Å². The molecule has 3 rings (SSSR count). The maximum absolute atomic E-state index is 12.1. The largest absolute Gasteiger partial charge is 0.305 e. The van der Waals surface area contributed by atoms with Crippen LogP contribution in [0.1, 0.15) is 10.4 Å². The maximum Gasteiger partial charge on any atom is 0.256 e. The predicted molar refractivity (Wildman–Crippen MR) is 76.7 cm³/mol.